The summed E-state index contributed by atoms with van der Waals surface area (Å²) in [6.07, 6.45) is 0. The standard InChI is InChI=1S/C26H28Cl2Si.Zr/c1-14(2)22-19(7)26(28,21-13-9-11-16(4)24(21)22)29-25(27)18(6)17(5)23-15(3)10-8-12-20(23)25;/h8-14H,1-7H3;. The van der Waals surface area contributed by atoms with E-state index in [1.54, 1.807) is 0 Å². The number of aryl methyl sites for hydroxylation is 2. The van der Waals surface area contributed by atoms with Gasteiger partial charge in [-0.3, -0.25) is 0 Å². The molecule has 2 aliphatic rings. The second-order valence-electron chi connectivity index (χ2n) is 8.88. The first-order chi connectivity index (χ1) is 13.5. The summed E-state index contributed by atoms with van der Waals surface area (Å²) in [7, 11) is 0.313. The maximum absolute atomic E-state index is 7.60. The van der Waals surface area contributed by atoms with E-state index in [9.17, 15) is 0 Å². The van der Waals surface area contributed by atoms with Crippen molar-refractivity contribution in [1.29, 1.82) is 0 Å². The van der Waals surface area contributed by atoms with Gasteiger partial charge in [0.15, 0.2) is 0 Å². The molecule has 0 saturated heterocycles. The number of rotatable bonds is 3. The topological polar surface area (TPSA) is 0 Å². The summed E-state index contributed by atoms with van der Waals surface area (Å²) in [6.45, 7) is 15.5. The van der Waals surface area contributed by atoms with E-state index in [2.05, 4.69) is 84.9 Å². The van der Waals surface area contributed by atoms with Crippen molar-refractivity contribution >= 4 is 43.9 Å². The molecule has 0 spiro atoms. The molecule has 4 rings (SSSR count). The van der Waals surface area contributed by atoms with E-state index in [1.807, 2.05) is 0 Å². The normalized spacial score (nSPS) is 25.0. The number of fused-ring (bicyclic) bond motifs is 2. The molecular weight excluding hydrogens is 503 g/mol. The first kappa shape index (κ1) is 24.2. The summed E-state index contributed by atoms with van der Waals surface area (Å²) < 4.78 is -1.14. The molecule has 2 radical (unpaired) electrons. The maximum atomic E-state index is 7.60. The Morgan fingerprint density at radius 1 is 0.733 bits per heavy atom. The monoisotopic (exact) mass is 528 g/mol. The van der Waals surface area contributed by atoms with Gasteiger partial charge in [0.05, 0.1) is 8.99 Å². The number of alkyl halides is 2. The van der Waals surface area contributed by atoms with Crippen LogP contribution in [0.2, 0.25) is 0 Å². The van der Waals surface area contributed by atoms with E-state index >= 15 is 0 Å². The van der Waals surface area contributed by atoms with Crippen LogP contribution in [0.5, 0.6) is 0 Å². The SMILES string of the molecule is CC1=C(C)C(Cl)([Si]C2(Cl)C(C)=C(C(C)C)c3c(C)cccc32)c2cccc(C)c21.[Zr]. The molecule has 30 heavy (non-hydrogen) atoms. The predicted octanol–water partition coefficient (Wildman–Crippen LogP) is 7.74. The zero-order chi connectivity index (χ0) is 21.3. The van der Waals surface area contributed by atoms with Crippen LogP contribution in [0.15, 0.2) is 47.5 Å². The number of hydrogen-bond donors (Lipinski definition) is 0. The fraction of sp³-hybridized carbons (Fsp3) is 0.385. The Kier molecular flexibility index (Phi) is 6.61. The molecule has 2 atom stereocenters. The summed E-state index contributed by atoms with van der Waals surface area (Å²) in [5.74, 6) is 0.419. The zero-order valence-corrected chi connectivity index (χ0v) is 23.8. The van der Waals surface area contributed by atoms with E-state index < -0.39 is 8.99 Å². The van der Waals surface area contributed by atoms with E-state index in [0.29, 0.717) is 15.4 Å². The molecule has 4 heteroatoms. The van der Waals surface area contributed by atoms with Crippen LogP contribution < -0.4 is 0 Å². The summed E-state index contributed by atoms with van der Waals surface area (Å²) in [5.41, 5.74) is 12.9. The minimum absolute atomic E-state index is 0. The van der Waals surface area contributed by atoms with Crippen molar-refractivity contribution in [3.8, 4) is 0 Å². The van der Waals surface area contributed by atoms with Gasteiger partial charge in [0, 0.05) is 26.2 Å². The minimum Gasteiger partial charge on any atom is -0.114 e. The zero-order valence-electron chi connectivity index (χ0n) is 18.8. The maximum Gasteiger partial charge on any atom is 0.118 e. The van der Waals surface area contributed by atoms with Crippen LogP contribution in [-0.2, 0) is 35.2 Å². The Bertz CT molecular complexity index is 1100. The second-order valence-corrected chi connectivity index (χ2v) is 12.4. The molecule has 0 saturated carbocycles. The molecule has 2 aliphatic carbocycles. The van der Waals surface area contributed by atoms with Crippen molar-refractivity contribution in [2.45, 2.75) is 57.5 Å². The molecule has 0 aromatic heterocycles. The molecular formula is C26H28Cl2SiZr. The van der Waals surface area contributed by atoms with Gasteiger partial charge in [-0.1, -0.05) is 50.2 Å². The van der Waals surface area contributed by atoms with Crippen molar-refractivity contribution in [1.82, 2.24) is 0 Å². The van der Waals surface area contributed by atoms with E-state index in [0.717, 1.165) is 0 Å². The summed E-state index contributed by atoms with van der Waals surface area (Å²) in [4.78, 5) is 0. The van der Waals surface area contributed by atoms with Crippen LogP contribution >= 0.6 is 23.2 Å². The van der Waals surface area contributed by atoms with E-state index in [4.69, 9.17) is 23.2 Å². The Morgan fingerprint density at radius 3 is 1.73 bits per heavy atom. The van der Waals surface area contributed by atoms with Crippen molar-refractivity contribution in [2.75, 3.05) is 0 Å². The van der Waals surface area contributed by atoms with Gasteiger partial charge >= 0.3 is 0 Å². The van der Waals surface area contributed by atoms with Gasteiger partial charge in [-0.2, -0.15) is 0 Å². The largest absolute Gasteiger partial charge is 0.118 e. The Balaban J connectivity index is 0.00000256. The average Bonchev–Trinajstić information content (AvgIpc) is 2.99. The summed E-state index contributed by atoms with van der Waals surface area (Å²) in [6, 6.07) is 13.0. The number of halogens is 2. The van der Waals surface area contributed by atoms with Crippen LogP contribution in [0, 0.1) is 19.8 Å². The van der Waals surface area contributed by atoms with Crippen LogP contribution in [0.25, 0.3) is 11.1 Å². The fourth-order valence-electron chi connectivity index (χ4n) is 5.27. The average molecular weight is 531 g/mol. The third-order valence-electron chi connectivity index (χ3n) is 6.85. The molecule has 0 bridgehead atoms. The van der Waals surface area contributed by atoms with Crippen molar-refractivity contribution < 1.29 is 26.2 Å². The van der Waals surface area contributed by atoms with Gasteiger partial charge in [-0.05, 0) is 96.2 Å². The van der Waals surface area contributed by atoms with E-state index in [-0.39, 0.29) is 26.2 Å². The van der Waals surface area contributed by atoms with Crippen molar-refractivity contribution in [2.24, 2.45) is 5.92 Å². The van der Waals surface area contributed by atoms with Crippen LogP contribution in [0.1, 0.15) is 68.0 Å². The van der Waals surface area contributed by atoms with Gasteiger partial charge in [0.2, 0.25) is 0 Å². The molecule has 0 aliphatic heterocycles. The predicted molar refractivity (Wildman–Crippen MR) is 129 cm³/mol. The fourth-order valence-corrected chi connectivity index (χ4v) is 8.68. The molecule has 0 heterocycles. The number of allylic oxidation sites excluding steroid dienone is 4. The molecule has 0 fully saturated rings. The quantitative estimate of drug-likeness (QED) is 0.281. The number of hydrogen-bond acceptors (Lipinski definition) is 0. The van der Waals surface area contributed by atoms with Gasteiger partial charge in [0.1, 0.15) is 9.52 Å². The molecule has 0 amide bonds. The smallest absolute Gasteiger partial charge is 0.114 e. The van der Waals surface area contributed by atoms with Gasteiger partial charge in [-0.15, -0.1) is 23.2 Å². The van der Waals surface area contributed by atoms with Crippen LogP contribution in [-0.4, -0.2) is 9.52 Å². The number of benzene rings is 2. The Hall–Kier alpha value is -0.400. The third-order valence-corrected chi connectivity index (χ3v) is 10.4. The first-order valence-corrected chi connectivity index (χ1v) is 12.1. The molecule has 154 valence electrons. The minimum atomic E-state index is -0.574. The van der Waals surface area contributed by atoms with Gasteiger partial charge < -0.3 is 0 Å². The van der Waals surface area contributed by atoms with Gasteiger partial charge in [0.25, 0.3) is 0 Å². The van der Waals surface area contributed by atoms with Gasteiger partial charge in [-0.25, -0.2) is 0 Å². The Morgan fingerprint density at radius 2 is 1.20 bits per heavy atom. The molecule has 2 unspecified atom stereocenters. The summed E-state index contributed by atoms with van der Waals surface area (Å²) >= 11 is 15.1. The first-order valence-electron chi connectivity index (χ1n) is 10.3. The van der Waals surface area contributed by atoms with Crippen LogP contribution in [0.3, 0.4) is 0 Å². The van der Waals surface area contributed by atoms with Crippen molar-refractivity contribution in [3.05, 3.63) is 80.9 Å². The molecule has 2 aromatic rings. The third kappa shape index (κ3) is 3.24. The van der Waals surface area contributed by atoms with Crippen molar-refractivity contribution in [3.63, 3.8) is 0 Å². The molecule has 2 aromatic carbocycles. The van der Waals surface area contributed by atoms with Crippen LogP contribution in [0.4, 0.5) is 0 Å². The second kappa shape index (κ2) is 8.18. The summed E-state index contributed by atoms with van der Waals surface area (Å²) in [5, 5.41) is 0. The van der Waals surface area contributed by atoms with E-state index in [1.165, 1.54) is 55.7 Å². The molecule has 0 nitrogen and oxygen atoms in total. The Labute approximate surface area is 213 Å². The molecule has 0 N–H and O–H groups in total.